The lowest BCUT2D eigenvalue weighted by Crippen LogP contribution is -2.32. The maximum Gasteiger partial charge on any atom is 0.225 e. The van der Waals surface area contributed by atoms with Crippen LogP contribution in [0, 0.1) is 5.92 Å². The van der Waals surface area contributed by atoms with Crippen LogP contribution in [0.15, 0.2) is 48.7 Å². The van der Waals surface area contributed by atoms with Gasteiger partial charge in [-0.25, -0.2) is 0 Å². The Morgan fingerprint density at radius 2 is 1.92 bits per heavy atom. The van der Waals surface area contributed by atoms with E-state index in [1.165, 1.54) is 0 Å². The van der Waals surface area contributed by atoms with E-state index in [0.717, 1.165) is 29.2 Å². The summed E-state index contributed by atoms with van der Waals surface area (Å²) < 4.78 is 7.09. The van der Waals surface area contributed by atoms with E-state index in [0.29, 0.717) is 12.3 Å². The van der Waals surface area contributed by atoms with Gasteiger partial charge in [0.2, 0.25) is 5.91 Å². The van der Waals surface area contributed by atoms with Crippen LogP contribution in [0.3, 0.4) is 0 Å². The first-order chi connectivity index (χ1) is 12.6. The molecule has 3 rings (SSSR count). The molecule has 2 heterocycles. The predicted molar refractivity (Wildman–Crippen MR) is 100 cm³/mol. The molecular formula is C20H24N4O2. The number of nitrogens with one attached hydrogen (secondary N) is 1. The molecule has 0 spiro atoms. The number of nitrogens with zero attached hydrogens (tertiary/aromatic N) is 3. The molecule has 0 aliphatic carbocycles. The maximum atomic E-state index is 12.6. The van der Waals surface area contributed by atoms with Crippen LogP contribution in [-0.2, 0) is 11.2 Å². The summed E-state index contributed by atoms with van der Waals surface area (Å²) in [4.78, 5) is 12.6. The van der Waals surface area contributed by atoms with Gasteiger partial charge in [-0.1, -0.05) is 32.0 Å². The molecule has 0 saturated carbocycles. The molecule has 2 aromatic heterocycles. The molecule has 1 atom stereocenters. The van der Waals surface area contributed by atoms with Crippen LogP contribution >= 0.6 is 0 Å². The minimum atomic E-state index is -0.182. The molecule has 0 fully saturated rings. The van der Waals surface area contributed by atoms with E-state index in [-0.39, 0.29) is 11.9 Å². The maximum absolute atomic E-state index is 12.6. The monoisotopic (exact) mass is 352 g/mol. The topological polar surface area (TPSA) is 68.5 Å². The molecule has 6 nitrogen and oxygen atoms in total. The van der Waals surface area contributed by atoms with Gasteiger partial charge in [0, 0.05) is 6.20 Å². The van der Waals surface area contributed by atoms with Gasteiger partial charge < -0.3 is 10.1 Å². The Hall–Kier alpha value is -2.89. The Labute approximate surface area is 153 Å². The van der Waals surface area contributed by atoms with Gasteiger partial charge in [-0.2, -0.15) is 0 Å². The summed E-state index contributed by atoms with van der Waals surface area (Å²) in [6, 6.07) is 13.1. The van der Waals surface area contributed by atoms with Crippen molar-refractivity contribution in [1.82, 2.24) is 19.9 Å². The lowest BCUT2D eigenvalue weighted by atomic mass is 10.0. The number of carbonyl (C=O) groups is 1. The van der Waals surface area contributed by atoms with Crippen LogP contribution in [0.5, 0.6) is 5.75 Å². The van der Waals surface area contributed by atoms with E-state index in [1.54, 1.807) is 7.11 Å². The second-order valence-electron chi connectivity index (χ2n) is 6.76. The number of benzene rings is 1. The molecule has 136 valence electrons. The first-order valence-corrected chi connectivity index (χ1v) is 8.78. The largest absolute Gasteiger partial charge is 0.497 e. The van der Waals surface area contributed by atoms with Crippen molar-refractivity contribution in [2.75, 3.05) is 7.11 Å². The van der Waals surface area contributed by atoms with E-state index in [2.05, 4.69) is 29.4 Å². The summed E-state index contributed by atoms with van der Waals surface area (Å²) in [7, 11) is 1.63. The lowest BCUT2D eigenvalue weighted by molar-refractivity contribution is -0.121. The molecule has 6 heteroatoms. The minimum absolute atomic E-state index is 0.0338. The highest BCUT2D eigenvalue weighted by atomic mass is 16.5. The average Bonchev–Trinajstić information content (AvgIpc) is 3.05. The fraction of sp³-hybridized carbons (Fsp3) is 0.350. The van der Waals surface area contributed by atoms with Gasteiger partial charge >= 0.3 is 0 Å². The van der Waals surface area contributed by atoms with Gasteiger partial charge in [0.25, 0.3) is 0 Å². The van der Waals surface area contributed by atoms with Crippen molar-refractivity contribution in [3.63, 3.8) is 0 Å². The third-order valence-electron chi connectivity index (χ3n) is 4.22. The number of pyridine rings is 1. The molecule has 0 saturated heterocycles. The molecule has 0 aliphatic rings. The number of rotatable bonds is 7. The first-order valence-electron chi connectivity index (χ1n) is 8.78. The summed E-state index contributed by atoms with van der Waals surface area (Å²) >= 11 is 0. The highest BCUT2D eigenvalue weighted by molar-refractivity contribution is 5.79. The highest BCUT2D eigenvalue weighted by Gasteiger charge is 2.21. The van der Waals surface area contributed by atoms with Crippen molar-refractivity contribution in [2.24, 2.45) is 5.92 Å². The Kier molecular flexibility index (Phi) is 5.51. The van der Waals surface area contributed by atoms with E-state index in [9.17, 15) is 4.79 Å². The van der Waals surface area contributed by atoms with Crippen molar-refractivity contribution in [3.8, 4) is 5.75 Å². The van der Waals surface area contributed by atoms with Crippen LogP contribution in [0.2, 0.25) is 0 Å². The fourth-order valence-corrected chi connectivity index (χ4v) is 2.97. The summed E-state index contributed by atoms with van der Waals surface area (Å²) in [5, 5.41) is 11.6. The van der Waals surface area contributed by atoms with Gasteiger partial charge in [-0.3, -0.25) is 9.20 Å². The van der Waals surface area contributed by atoms with Gasteiger partial charge in [-0.15, -0.1) is 10.2 Å². The number of fused-ring (bicyclic) bond motifs is 1. The molecule has 26 heavy (non-hydrogen) atoms. The Bertz CT molecular complexity index is 871. The fourth-order valence-electron chi connectivity index (χ4n) is 2.97. The van der Waals surface area contributed by atoms with Crippen LogP contribution in [0.1, 0.15) is 37.7 Å². The molecule has 0 aliphatic heterocycles. The molecule has 0 bridgehead atoms. The minimum Gasteiger partial charge on any atom is -0.497 e. The van der Waals surface area contributed by atoms with Crippen LogP contribution < -0.4 is 10.1 Å². The molecule has 0 radical (unpaired) electrons. The van der Waals surface area contributed by atoms with Gasteiger partial charge in [0.1, 0.15) is 5.75 Å². The smallest absolute Gasteiger partial charge is 0.225 e. The summed E-state index contributed by atoms with van der Waals surface area (Å²) in [5.41, 5.74) is 1.72. The van der Waals surface area contributed by atoms with Crippen LogP contribution in [0.25, 0.3) is 5.65 Å². The van der Waals surface area contributed by atoms with E-state index < -0.39 is 0 Å². The zero-order valence-corrected chi connectivity index (χ0v) is 15.3. The Balaban J connectivity index is 1.76. The highest BCUT2D eigenvalue weighted by Crippen LogP contribution is 2.21. The van der Waals surface area contributed by atoms with Crippen LogP contribution in [0.4, 0.5) is 0 Å². The van der Waals surface area contributed by atoms with Gasteiger partial charge in [-0.05, 0) is 42.2 Å². The zero-order chi connectivity index (χ0) is 18.5. The molecule has 1 amide bonds. The molecule has 1 aromatic carbocycles. The number of amides is 1. The third kappa shape index (κ3) is 4.20. The van der Waals surface area contributed by atoms with E-state index in [4.69, 9.17) is 4.74 Å². The molecular weight excluding hydrogens is 328 g/mol. The normalized spacial score (nSPS) is 12.3. The molecule has 0 unspecified atom stereocenters. The number of ether oxygens (including phenoxy) is 1. The third-order valence-corrected chi connectivity index (χ3v) is 4.22. The standard InChI is InChI=1S/C20H24N4O2/c1-14(2)12-17(20-23-22-18-6-4-5-11-24(18)20)21-19(25)13-15-7-9-16(26-3)10-8-15/h4-11,14,17H,12-13H2,1-3H3,(H,21,25)/t17-/m1/s1. The quantitative estimate of drug-likeness (QED) is 0.709. The summed E-state index contributed by atoms with van der Waals surface area (Å²) in [6.45, 7) is 4.26. The van der Waals surface area contributed by atoms with Crippen LogP contribution in [-0.4, -0.2) is 27.6 Å². The molecule has 3 aromatic rings. The predicted octanol–water partition coefficient (Wildman–Crippen LogP) is 3.18. The number of carbonyl (C=O) groups excluding carboxylic acids is 1. The second kappa shape index (κ2) is 7.99. The lowest BCUT2D eigenvalue weighted by Gasteiger charge is -2.19. The summed E-state index contributed by atoms with van der Waals surface area (Å²) in [6.07, 6.45) is 3.03. The average molecular weight is 352 g/mol. The zero-order valence-electron chi connectivity index (χ0n) is 15.3. The Morgan fingerprint density at radius 3 is 2.62 bits per heavy atom. The SMILES string of the molecule is COc1ccc(CC(=O)N[C@H](CC(C)C)c2nnc3ccccn23)cc1. The van der Waals surface area contributed by atoms with Crippen molar-refractivity contribution >= 4 is 11.6 Å². The number of methoxy groups -OCH3 is 1. The number of hydrogen-bond donors (Lipinski definition) is 1. The van der Waals surface area contributed by atoms with E-state index in [1.807, 2.05) is 53.1 Å². The number of aromatic nitrogens is 3. The van der Waals surface area contributed by atoms with Crippen molar-refractivity contribution in [3.05, 3.63) is 60.0 Å². The van der Waals surface area contributed by atoms with Crippen molar-refractivity contribution in [2.45, 2.75) is 32.7 Å². The van der Waals surface area contributed by atoms with Crippen molar-refractivity contribution in [1.29, 1.82) is 0 Å². The van der Waals surface area contributed by atoms with Crippen molar-refractivity contribution < 1.29 is 9.53 Å². The van der Waals surface area contributed by atoms with Gasteiger partial charge in [0.15, 0.2) is 11.5 Å². The second-order valence-corrected chi connectivity index (χ2v) is 6.76. The van der Waals surface area contributed by atoms with E-state index >= 15 is 0 Å². The Morgan fingerprint density at radius 1 is 1.15 bits per heavy atom. The molecule has 1 N–H and O–H groups in total. The number of hydrogen-bond acceptors (Lipinski definition) is 4. The summed E-state index contributed by atoms with van der Waals surface area (Å²) in [5.74, 6) is 1.92. The van der Waals surface area contributed by atoms with Gasteiger partial charge in [0.05, 0.1) is 19.6 Å². The first kappa shape index (κ1) is 17.9.